The molecular formula is C29H30ClN4O2P. The summed E-state index contributed by atoms with van der Waals surface area (Å²) in [6, 6.07) is 22.8. The largest absolute Gasteiger partial charge is 0.508 e. The molecule has 190 valence electrons. The van der Waals surface area contributed by atoms with E-state index in [0.717, 1.165) is 51.9 Å². The molecule has 37 heavy (non-hydrogen) atoms. The normalized spacial score (nSPS) is 12.0. The molecule has 0 fully saturated rings. The monoisotopic (exact) mass is 532 g/mol. The van der Waals surface area contributed by atoms with Crippen molar-refractivity contribution in [2.24, 2.45) is 0 Å². The Morgan fingerprint density at radius 3 is 2.43 bits per heavy atom. The number of hydrogen-bond acceptors (Lipinski definition) is 6. The maximum absolute atomic E-state index is 10.6. The fraction of sp³-hybridized carbons (Fsp3) is 0.241. The number of pyridine rings is 1. The SMILES string of the molecule is CCN(CC)Cc1cc(N(OP(C)c2ccc(C#N)cc2)c2cc(C)nc3cc(Cl)ccc23)ccc1O. The van der Waals surface area contributed by atoms with Gasteiger partial charge >= 0.3 is 0 Å². The summed E-state index contributed by atoms with van der Waals surface area (Å²) < 4.78 is 6.69. The number of anilines is 2. The molecule has 0 spiro atoms. The lowest BCUT2D eigenvalue weighted by atomic mass is 10.1. The maximum Gasteiger partial charge on any atom is 0.120 e. The number of aryl methyl sites for hydroxylation is 1. The van der Waals surface area contributed by atoms with Crippen LogP contribution < -0.4 is 10.4 Å². The molecule has 8 heteroatoms. The first kappa shape index (κ1) is 26.9. The molecule has 0 aliphatic heterocycles. The minimum atomic E-state index is -1.09. The van der Waals surface area contributed by atoms with E-state index < -0.39 is 8.15 Å². The highest BCUT2D eigenvalue weighted by Gasteiger charge is 2.21. The third kappa shape index (κ3) is 6.21. The highest BCUT2D eigenvalue weighted by Crippen LogP contribution is 2.42. The van der Waals surface area contributed by atoms with Crippen LogP contribution >= 0.6 is 19.7 Å². The number of aromatic nitrogens is 1. The van der Waals surface area contributed by atoms with Gasteiger partial charge in [0.2, 0.25) is 0 Å². The number of nitriles is 1. The molecular weight excluding hydrogens is 503 g/mol. The van der Waals surface area contributed by atoms with Gasteiger partial charge < -0.3 is 5.11 Å². The van der Waals surface area contributed by atoms with Crippen LogP contribution in [0, 0.1) is 18.3 Å². The van der Waals surface area contributed by atoms with Crippen LogP contribution in [0.25, 0.3) is 10.9 Å². The summed E-state index contributed by atoms with van der Waals surface area (Å²) in [5, 5.41) is 24.2. The fourth-order valence-corrected chi connectivity index (χ4v) is 5.40. The van der Waals surface area contributed by atoms with Gasteiger partial charge in [-0.15, -0.1) is 0 Å². The van der Waals surface area contributed by atoms with Crippen LogP contribution in [-0.2, 0) is 11.2 Å². The molecule has 1 N–H and O–H groups in total. The van der Waals surface area contributed by atoms with Crippen molar-refractivity contribution in [3.8, 4) is 11.8 Å². The van der Waals surface area contributed by atoms with Crippen molar-refractivity contribution in [3.63, 3.8) is 0 Å². The summed E-state index contributed by atoms with van der Waals surface area (Å²) >= 11 is 6.29. The third-order valence-electron chi connectivity index (χ3n) is 6.25. The first-order valence-electron chi connectivity index (χ1n) is 12.2. The van der Waals surface area contributed by atoms with E-state index in [2.05, 4.69) is 29.8 Å². The zero-order valence-corrected chi connectivity index (χ0v) is 23.1. The van der Waals surface area contributed by atoms with Gasteiger partial charge in [-0.1, -0.05) is 37.6 Å². The molecule has 0 radical (unpaired) electrons. The Kier molecular flexibility index (Phi) is 8.63. The first-order valence-corrected chi connectivity index (χ1v) is 14.2. The van der Waals surface area contributed by atoms with Crippen molar-refractivity contribution < 1.29 is 9.73 Å². The second-order valence-corrected chi connectivity index (χ2v) is 10.9. The molecule has 1 heterocycles. The van der Waals surface area contributed by atoms with E-state index in [1.807, 2.05) is 67.2 Å². The second-order valence-electron chi connectivity index (χ2n) is 8.75. The molecule has 0 bridgehead atoms. The molecule has 0 saturated heterocycles. The van der Waals surface area contributed by atoms with Gasteiger partial charge in [0.1, 0.15) is 5.75 Å². The molecule has 0 amide bonds. The van der Waals surface area contributed by atoms with E-state index >= 15 is 0 Å². The Hall–Kier alpha value is -3.20. The molecule has 4 aromatic rings. The van der Waals surface area contributed by atoms with Crippen molar-refractivity contribution >= 4 is 47.3 Å². The summed E-state index contributed by atoms with van der Waals surface area (Å²) in [7, 11) is -1.09. The Morgan fingerprint density at radius 2 is 1.76 bits per heavy atom. The first-order chi connectivity index (χ1) is 17.8. The van der Waals surface area contributed by atoms with Crippen LogP contribution in [-0.4, -0.2) is 34.7 Å². The number of phenolic OH excluding ortho intramolecular Hbond substituents is 1. The van der Waals surface area contributed by atoms with Crippen molar-refractivity contribution in [1.29, 1.82) is 5.26 Å². The quantitative estimate of drug-likeness (QED) is 0.184. The molecule has 0 saturated carbocycles. The number of hydrogen-bond donors (Lipinski definition) is 1. The lowest BCUT2D eigenvalue weighted by molar-refractivity contribution is 0.290. The van der Waals surface area contributed by atoms with Gasteiger partial charge in [-0.3, -0.25) is 9.88 Å². The Balaban J connectivity index is 1.83. The third-order valence-corrected chi connectivity index (χ3v) is 7.92. The topological polar surface area (TPSA) is 72.6 Å². The van der Waals surface area contributed by atoms with Gasteiger partial charge in [0.05, 0.1) is 36.7 Å². The molecule has 1 unspecified atom stereocenters. The Morgan fingerprint density at radius 1 is 1.03 bits per heavy atom. The molecule has 6 nitrogen and oxygen atoms in total. The zero-order valence-electron chi connectivity index (χ0n) is 21.4. The molecule has 4 rings (SSSR count). The average molecular weight is 533 g/mol. The van der Waals surface area contributed by atoms with E-state index in [0.29, 0.717) is 17.1 Å². The minimum Gasteiger partial charge on any atom is -0.508 e. The maximum atomic E-state index is 10.6. The van der Waals surface area contributed by atoms with Gasteiger partial charge in [0.25, 0.3) is 0 Å². The van der Waals surface area contributed by atoms with Crippen LogP contribution in [0.1, 0.15) is 30.7 Å². The van der Waals surface area contributed by atoms with Crippen LogP contribution in [0.4, 0.5) is 11.4 Å². The lowest BCUT2D eigenvalue weighted by Gasteiger charge is -2.29. The number of benzene rings is 3. The van der Waals surface area contributed by atoms with Gasteiger partial charge in [-0.25, -0.2) is 9.69 Å². The Labute approximate surface area is 224 Å². The predicted octanol–water partition coefficient (Wildman–Crippen LogP) is 7.04. The molecule has 3 aromatic carbocycles. The fourth-order valence-electron chi connectivity index (χ4n) is 4.14. The highest BCUT2D eigenvalue weighted by atomic mass is 35.5. The number of nitrogens with zero attached hydrogens (tertiary/aromatic N) is 4. The van der Waals surface area contributed by atoms with Crippen LogP contribution in [0.5, 0.6) is 5.75 Å². The smallest absolute Gasteiger partial charge is 0.120 e. The van der Waals surface area contributed by atoms with Gasteiger partial charge in [-0.2, -0.15) is 5.26 Å². The van der Waals surface area contributed by atoms with Gasteiger partial charge in [0, 0.05) is 33.5 Å². The number of fused-ring (bicyclic) bond motifs is 1. The zero-order chi connectivity index (χ0) is 26.5. The summed E-state index contributed by atoms with van der Waals surface area (Å²) in [4.78, 5) is 6.94. The number of phenols is 1. The summed E-state index contributed by atoms with van der Waals surface area (Å²) in [5.74, 6) is 0.254. The molecule has 0 aliphatic rings. The number of halogens is 1. The van der Waals surface area contributed by atoms with Crippen molar-refractivity contribution in [1.82, 2.24) is 9.88 Å². The summed E-state index contributed by atoms with van der Waals surface area (Å²) in [6.07, 6.45) is 0. The van der Waals surface area contributed by atoms with E-state index in [1.54, 1.807) is 18.2 Å². The van der Waals surface area contributed by atoms with E-state index in [4.69, 9.17) is 16.2 Å². The van der Waals surface area contributed by atoms with Crippen LogP contribution in [0.3, 0.4) is 0 Å². The summed E-state index contributed by atoms with van der Waals surface area (Å²) in [6.45, 7) is 10.6. The van der Waals surface area contributed by atoms with E-state index in [-0.39, 0.29) is 5.75 Å². The summed E-state index contributed by atoms with van der Waals surface area (Å²) in [5.41, 5.74) is 4.67. The van der Waals surface area contributed by atoms with Crippen molar-refractivity contribution in [3.05, 3.63) is 88.6 Å². The highest BCUT2D eigenvalue weighted by molar-refractivity contribution is 7.60. The van der Waals surface area contributed by atoms with Gasteiger partial charge in [0.15, 0.2) is 0 Å². The second kappa shape index (κ2) is 11.9. The molecule has 1 aromatic heterocycles. The number of rotatable bonds is 9. The average Bonchev–Trinajstić information content (AvgIpc) is 2.90. The van der Waals surface area contributed by atoms with Crippen molar-refractivity contribution in [2.75, 3.05) is 24.8 Å². The lowest BCUT2D eigenvalue weighted by Crippen LogP contribution is -2.23. The standard InChI is InChI=1S/C29H30ClN4O2P/c1-5-33(6-2)19-22-16-24(10-14-29(22)35)34(36-37(4)25-11-7-21(18-31)8-12-25)28-15-20(3)32-27-17-23(30)9-13-26(27)28/h7-17,35H,5-6,19H2,1-4H3. The van der Waals surface area contributed by atoms with Gasteiger partial charge in [-0.05, 0) is 81.3 Å². The van der Waals surface area contributed by atoms with E-state index in [9.17, 15) is 10.4 Å². The van der Waals surface area contributed by atoms with Crippen LogP contribution in [0.2, 0.25) is 5.02 Å². The molecule has 1 atom stereocenters. The van der Waals surface area contributed by atoms with Crippen LogP contribution in [0.15, 0.2) is 66.7 Å². The van der Waals surface area contributed by atoms with E-state index in [1.165, 1.54) is 0 Å². The van der Waals surface area contributed by atoms with Crippen molar-refractivity contribution in [2.45, 2.75) is 27.3 Å². The molecule has 0 aliphatic carbocycles. The predicted molar refractivity (Wildman–Crippen MR) is 153 cm³/mol. The minimum absolute atomic E-state index is 0.254. The number of aromatic hydroxyl groups is 1. The Bertz CT molecular complexity index is 1430.